The Balaban J connectivity index is 3.33. The van der Waals surface area contributed by atoms with Gasteiger partial charge >= 0.3 is 0 Å². The number of likely N-dealkylation sites (N-methyl/N-ethyl adjacent to an activating group) is 1. The molecule has 3 heteroatoms. The van der Waals surface area contributed by atoms with E-state index in [0.29, 0.717) is 0 Å². The third-order valence-electron chi connectivity index (χ3n) is 0.588. The average molecular weight is 103 g/mol. The first kappa shape index (κ1) is 4.59. The summed E-state index contributed by atoms with van der Waals surface area (Å²) in [5.41, 5.74) is 5.13. The molecule has 0 saturated carbocycles. The maximum atomic E-state index is 10.4. The van der Waals surface area contributed by atoms with Crippen molar-refractivity contribution in [1.29, 1.82) is 0 Å². The Hall–Kier alpha value is -0.570. The van der Waals surface area contributed by atoms with Crippen LogP contribution in [0.1, 0.15) is 8.29 Å². The van der Waals surface area contributed by atoms with E-state index in [-0.39, 0.29) is 12.9 Å². The van der Waals surface area contributed by atoms with E-state index >= 15 is 0 Å². The lowest BCUT2D eigenvalue weighted by molar-refractivity contribution is -0.121. The van der Waals surface area contributed by atoms with Gasteiger partial charge in [0.1, 0.15) is 0 Å². The molecule has 0 spiro atoms. The third-order valence-corrected chi connectivity index (χ3v) is 0.588. The summed E-state index contributed by atoms with van der Waals surface area (Å²) in [6.07, 6.45) is 0. The number of amides is 1. The molecule has 0 rings (SSSR count). The van der Waals surface area contributed by atoms with Crippen LogP contribution in [-0.4, -0.2) is 19.0 Å². The van der Waals surface area contributed by atoms with Crippen LogP contribution >= 0.6 is 0 Å². The molecule has 7 heavy (non-hydrogen) atoms. The van der Waals surface area contributed by atoms with Crippen LogP contribution in [0.25, 0.3) is 0 Å². The number of nitrogens with one attached hydrogen (secondary N) is 1. The molecule has 42 valence electrons. The zero-order chi connectivity index (χ0) is 6.57. The molecule has 0 aliphatic heterocycles. The summed E-state index contributed by atoms with van der Waals surface area (Å²) in [6.45, 7) is 1.57. The molecular formula is C4H10N2O. The Morgan fingerprint density at radius 2 is 2.71 bits per heavy atom. The fraction of sp³-hybridized carbons (Fsp3) is 0.750. The second-order valence-electron chi connectivity index (χ2n) is 1.33. The molecule has 0 aliphatic rings. The second kappa shape index (κ2) is 2.58. The zero-order valence-electron chi connectivity index (χ0n) is 5.27. The number of carbonyl (C=O) groups excluding carboxylic acids is 1. The molecule has 0 fully saturated rings. The highest BCUT2D eigenvalue weighted by Gasteiger charge is 2.00. The van der Waals surface area contributed by atoms with Crippen molar-refractivity contribution in [3.8, 4) is 0 Å². The number of rotatable bonds is 1. The van der Waals surface area contributed by atoms with Gasteiger partial charge < -0.3 is 11.1 Å². The molecule has 0 radical (unpaired) electrons. The van der Waals surface area contributed by atoms with E-state index in [2.05, 4.69) is 5.32 Å². The van der Waals surface area contributed by atoms with Crippen LogP contribution < -0.4 is 11.1 Å². The van der Waals surface area contributed by atoms with Crippen molar-refractivity contribution < 1.29 is 6.17 Å². The molecule has 3 nitrogen and oxygen atoms in total. The van der Waals surface area contributed by atoms with E-state index < -0.39 is 6.04 Å². The SMILES string of the molecule is [2H]CNC(=O)[C@H](C)N. The van der Waals surface area contributed by atoms with Gasteiger partial charge in [-0.25, -0.2) is 0 Å². The minimum absolute atomic E-state index is 0.0969. The molecule has 0 heterocycles. The highest BCUT2D eigenvalue weighted by Crippen LogP contribution is 1.69. The third kappa shape index (κ3) is 2.17. The van der Waals surface area contributed by atoms with Crippen LogP contribution in [0.15, 0.2) is 0 Å². The van der Waals surface area contributed by atoms with Gasteiger partial charge in [-0.1, -0.05) is 0 Å². The smallest absolute Gasteiger partial charge is 0.236 e. The summed E-state index contributed by atoms with van der Waals surface area (Å²) < 4.78 is 6.54. The summed E-state index contributed by atoms with van der Waals surface area (Å²) in [6, 6.07) is -0.500. The molecule has 0 unspecified atom stereocenters. The van der Waals surface area contributed by atoms with Crippen molar-refractivity contribution in [3.05, 3.63) is 0 Å². The van der Waals surface area contributed by atoms with Gasteiger partial charge in [-0.2, -0.15) is 0 Å². The van der Waals surface area contributed by atoms with Gasteiger partial charge in [0.15, 0.2) is 0 Å². The molecule has 0 aromatic rings. The predicted molar refractivity (Wildman–Crippen MR) is 27.7 cm³/mol. The van der Waals surface area contributed by atoms with Gasteiger partial charge in [0, 0.05) is 8.39 Å². The maximum absolute atomic E-state index is 10.4. The van der Waals surface area contributed by atoms with Crippen molar-refractivity contribution in [3.63, 3.8) is 0 Å². The normalized spacial score (nSPS) is 14.9. The minimum atomic E-state index is -0.500. The first-order valence-corrected chi connectivity index (χ1v) is 2.01. The van der Waals surface area contributed by atoms with Crippen molar-refractivity contribution >= 4 is 5.91 Å². The Morgan fingerprint density at radius 3 is 2.86 bits per heavy atom. The average Bonchev–Trinajstić information content (AvgIpc) is 1.67. The molecule has 0 saturated heterocycles. The van der Waals surface area contributed by atoms with E-state index in [1.807, 2.05) is 0 Å². The van der Waals surface area contributed by atoms with Crippen LogP contribution in [0.4, 0.5) is 0 Å². The van der Waals surface area contributed by atoms with E-state index in [1.54, 1.807) is 6.92 Å². The first-order chi connectivity index (χ1) is 3.68. The van der Waals surface area contributed by atoms with Gasteiger partial charge in [-0.15, -0.1) is 0 Å². The lowest BCUT2D eigenvalue weighted by Gasteiger charge is -1.99. The van der Waals surface area contributed by atoms with Crippen LogP contribution in [-0.2, 0) is 4.79 Å². The van der Waals surface area contributed by atoms with E-state index in [0.717, 1.165) is 0 Å². The molecule has 1 amide bonds. The lowest BCUT2D eigenvalue weighted by atomic mass is 10.3. The van der Waals surface area contributed by atoms with Crippen molar-refractivity contribution in [2.24, 2.45) is 5.73 Å². The van der Waals surface area contributed by atoms with Crippen molar-refractivity contribution in [2.75, 3.05) is 7.02 Å². The molecule has 0 aromatic carbocycles. The van der Waals surface area contributed by atoms with E-state index in [4.69, 9.17) is 7.10 Å². The van der Waals surface area contributed by atoms with Crippen LogP contribution in [0.2, 0.25) is 0 Å². The van der Waals surface area contributed by atoms with Crippen LogP contribution in [0.5, 0.6) is 0 Å². The Kier molecular flexibility index (Phi) is 1.69. The molecular weight excluding hydrogens is 92.1 g/mol. The van der Waals surface area contributed by atoms with Gasteiger partial charge in [0.2, 0.25) is 5.91 Å². The quantitative estimate of drug-likeness (QED) is 0.451. The second-order valence-corrected chi connectivity index (χ2v) is 1.33. The monoisotopic (exact) mass is 103 g/mol. The van der Waals surface area contributed by atoms with Crippen molar-refractivity contribution in [2.45, 2.75) is 13.0 Å². The summed E-state index contributed by atoms with van der Waals surface area (Å²) in [5, 5.41) is 2.25. The Bertz CT molecular complexity index is 84.1. The van der Waals surface area contributed by atoms with Crippen molar-refractivity contribution in [1.82, 2.24) is 5.32 Å². The standard InChI is InChI=1S/C4H10N2O/c1-3(5)4(7)6-2/h3H,5H2,1-2H3,(H,6,7)/t3-/m0/s1/i2D. The predicted octanol–water partition coefficient (Wildman–Crippen LogP) is -0.920. The highest BCUT2D eigenvalue weighted by molar-refractivity contribution is 5.80. The fourth-order valence-corrected chi connectivity index (χ4v) is 0.161. The first-order valence-electron chi connectivity index (χ1n) is 2.71. The number of hydrogen-bond donors (Lipinski definition) is 2. The Labute approximate surface area is 44.3 Å². The minimum Gasteiger partial charge on any atom is -0.358 e. The zero-order valence-corrected chi connectivity index (χ0v) is 4.27. The van der Waals surface area contributed by atoms with E-state index in [1.165, 1.54) is 0 Å². The van der Waals surface area contributed by atoms with Crippen LogP contribution in [0.3, 0.4) is 0 Å². The summed E-state index contributed by atoms with van der Waals surface area (Å²) in [7, 11) is -0.0969. The van der Waals surface area contributed by atoms with E-state index in [9.17, 15) is 4.79 Å². The Morgan fingerprint density at radius 1 is 2.14 bits per heavy atom. The maximum Gasteiger partial charge on any atom is 0.236 e. The molecule has 0 aromatic heterocycles. The number of hydrogen-bond acceptors (Lipinski definition) is 2. The van der Waals surface area contributed by atoms with Gasteiger partial charge in [-0.05, 0) is 6.92 Å². The van der Waals surface area contributed by atoms with Gasteiger partial charge in [-0.3, -0.25) is 4.79 Å². The summed E-state index contributed by atoms with van der Waals surface area (Å²) in [5.74, 6) is -0.278. The topological polar surface area (TPSA) is 55.1 Å². The lowest BCUT2D eigenvalue weighted by Crippen LogP contribution is -2.35. The van der Waals surface area contributed by atoms with Crippen LogP contribution in [0, 0.1) is 0 Å². The fourth-order valence-electron chi connectivity index (χ4n) is 0.161. The molecule has 1 atom stereocenters. The molecule has 0 bridgehead atoms. The molecule has 0 aliphatic carbocycles. The van der Waals surface area contributed by atoms with Gasteiger partial charge in [0.25, 0.3) is 0 Å². The summed E-state index contributed by atoms with van der Waals surface area (Å²) in [4.78, 5) is 10.4. The largest absolute Gasteiger partial charge is 0.358 e. The number of nitrogens with two attached hydrogens (primary N) is 1. The summed E-state index contributed by atoms with van der Waals surface area (Å²) >= 11 is 0. The van der Waals surface area contributed by atoms with Gasteiger partial charge in [0.05, 0.1) is 6.04 Å². The number of carbonyl (C=O) groups is 1. The molecule has 3 N–H and O–H groups in total. The highest BCUT2D eigenvalue weighted by atomic mass is 16.2.